The van der Waals surface area contributed by atoms with Gasteiger partial charge in [0.2, 0.25) is 0 Å². The first-order valence-electron chi connectivity index (χ1n) is 13.0. The van der Waals surface area contributed by atoms with Crippen LogP contribution < -0.4 is 9.64 Å². The maximum Gasteiger partial charge on any atom is 0.350 e. The number of aliphatic hydroxyl groups excluding tert-OH is 1. The minimum Gasteiger partial charge on any atom is -0.505 e. The van der Waals surface area contributed by atoms with Crippen molar-refractivity contribution in [3.8, 4) is 5.75 Å². The molecule has 0 bridgehead atoms. The lowest BCUT2D eigenvalue weighted by Crippen LogP contribution is -2.29. The van der Waals surface area contributed by atoms with Crippen LogP contribution in [0.1, 0.15) is 43.9 Å². The lowest BCUT2D eigenvalue weighted by molar-refractivity contribution is -0.132. The fourth-order valence-electron chi connectivity index (χ4n) is 4.80. The molecule has 1 atom stereocenters. The predicted molar refractivity (Wildman–Crippen MR) is 159 cm³/mol. The molecule has 1 unspecified atom stereocenters. The lowest BCUT2D eigenvalue weighted by Gasteiger charge is -2.23. The van der Waals surface area contributed by atoms with Gasteiger partial charge in [-0.05, 0) is 50.1 Å². The number of pyridine rings is 1. The molecule has 1 aromatic carbocycles. The number of ether oxygens (including phenoxy) is 2. The van der Waals surface area contributed by atoms with E-state index >= 15 is 0 Å². The first kappa shape index (κ1) is 28.5. The number of carbonyl (C=O) groups excluding carboxylic acids is 3. The number of ketones is 1. The van der Waals surface area contributed by atoms with Crippen LogP contribution in [0, 0.1) is 20.8 Å². The second-order valence-electron chi connectivity index (χ2n) is 9.57. The summed E-state index contributed by atoms with van der Waals surface area (Å²) < 4.78 is 12.6. The Morgan fingerprint density at radius 3 is 2.45 bits per heavy atom. The van der Waals surface area contributed by atoms with E-state index in [0.29, 0.717) is 35.0 Å². The minimum atomic E-state index is -1.06. The monoisotopic (exact) mass is 584 g/mol. The topological polar surface area (TPSA) is 123 Å². The van der Waals surface area contributed by atoms with Crippen LogP contribution in [0.15, 0.2) is 73.5 Å². The lowest BCUT2D eigenvalue weighted by atomic mass is 9.96. The Bertz CT molecular complexity index is 1780. The van der Waals surface area contributed by atoms with E-state index in [1.807, 2.05) is 29.7 Å². The summed E-state index contributed by atoms with van der Waals surface area (Å²) in [6.07, 6.45) is 4.87. The summed E-state index contributed by atoms with van der Waals surface area (Å²) in [5, 5.41) is 11.8. The van der Waals surface area contributed by atoms with Gasteiger partial charge < -0.3 is 19.0 Å². The van der Waals surface area contributed by atoms with Crippen molar-refractivity contribution in [2.75, 3.05) is 18.1 Å². The highest BCUT2D eigenvalue weighted by Gasteiger charge is 2.49. The zero-order chi connectivity index (χ0) is 30.1. The summed E-state index contributed by atoms with van der Waals surface area (Å²) in [7, 11) is 0. The van der Waals surface area contributed by atoms with E-state index in [1.165, 1.54) is 11.0 Å². The number of nitrogens with zero attached hydrogens (tertiary/aromatic N) is 4. The molecule has 11 heteroatoms. The zero-order valence-electron chi connectivity index (χ0n) is 23.3. The van der Waals surface area contributed by atoms with Crippen LogP contribution in [0.5, 0.6) is 5.75 Å². The number of thiazole rings is 1. The molecule has 0 aliphatic carbocycles. The Morgan fingerprint density at radius 2 is 1.79 bits per heavy atom. The predicted octanol–water partition coefficient (Wildman–Crippen LogP) is 5.25. The maximum atomic E-state index is 13.7. The third-order valence-corrected chi connectivity index (χ3v) is 7.96. The van der Waals surface area contributed by atoms with Gasteiger partial charge in [-0.1, -0.05) is 54.8 Å². The Morgan fingerprint density at radius 1 is 1.07 bits per heavy atom. The van der Waals surface area contributed by atoms with E-state index in [-0.39, 0.29) is 27.9 Å². The minimum absolute atomic E-state index is 0.00807. The van der Waals surface area contributed by atoms with Crippen molar-refractivity contribution >= 4 is 45.5 Å². The van der Waals surface area contributed by atoms with Crippen molar-refractivity contribution in [2.45, 2.75) is 26.8 Å². The molecule has 3 aromatic heterocycles. The van der Waals surface area contributed by atoms with Gasteiger partial charge >= 0.3 is 11.9 Å². The number of amides is 1. The standard InChI is InChI=1S/C31H28N4O6S/c1-6-15-40-21-12-10-20(11-13-21)24-22(25(36)23-19(5)34-14-8-9-17(3)28(34)33-23)26(37)29(38)35(24)31-32-18(4)27(42-31)30(39)41-16-7-2/h6-14,24,36H,1-2,15-16H2,3-5H3/b25-22+. The summed E-state index contributed by atoms with van der Waals surface area (Å²) in [5.74, 6) is -2.28. The van der Waals surface area contributed by atoms with E-state index in [9.17, 15) is 19.5 Å². The number of Topliss-reactive ketones (excluding diaryl/α,β-unsaturated/α-hetero) is 1. The van der Waals surface area contributed by atoms with Gasteiger partial charge in [0, 0.05) is 6.20 Å². The molecule has 214 valence electrons. The fraction of sp³-hybridized carbons (Fsp3) is 0.194. The van der Waals surface area contributed by atoms with Gasteiger partial charge in [0.15, 0.2) is 10.9 Å². The Balaban J connectivity index is 1.68. The van der Waals surface area contributed by atoms with E-state index in [0.717, 1.165) is 16.9 Å². The molecule has 1 N–H and O–H groups in total. The van der Waals surface area contributed by atoms with Crippen LogP contribution in [0.4, 0.5) is 5.13 Å². The summed E-state index contributed by atoms with van der Waals surface area (Å²) in [4.78, 5) is 50.4. The highest BCUT2D eigenvalue weighted by atomic mass is 32.1. The molecular formula is C31H28N4O6S. The molecule has 10 nitrogen and oxygen atoms in total. The van der Waals surface area contributed by atoms with Crippen molar-refractivity contribution in [1.82, 2.24) is 14.4 Å². The van der Waals surface area contributed by atoms with Gasteiger partial charge in [-0.15, -0.1) is 0 Å². The summed E-state index contributed by atoms with van der Waals surface area (Å²) in [6, 6.07) is 9.49. The normalized spacial score (nSPS) is 16.2. The molecule has 1 saturated heterocycles. The Labute approximate surface area is 245 Å². The van der Waals surface area contributed by atoms with E-state index in [4.69, 9.17) is 9.47 Å². The SMILES string of the molecule is C=CCOC(=O)c1sc(N2C(=O)C(=O)/C(=C(/O)c3nc4c(C)cccn4c3C)C2c2ccc(OCC=C)cc2)nc1C. The smallest absolute Gasteiger partial charge is 0.350 e. The molecule has 5 rings (SSSR count). The summed E-state index contributed by atoms with van der Waals surface area (Å²) in [5.41, 5.74) is 2.98. The molecular weight excluding hydrogens is 556 g/mol. The molecule has 0 radical (unpaired) electrons. The molecule has 4 heterocycles. The first-order chi connectivity index (χ1) is 20.2. The number of benzene rings is 1. The zero-order valence-corrected chi connectivity index (χ0v) is 24.1. The number of imidazole rings is 1. The Hall–Kier alpha value is -5.03. The van der Waals surface area contributed by atoms with Gasteiger partial charge in [0.25, 0.3) is 5.78 Å². The largest absolute Gasteiger partial charge is 0.505 e. The van der Waals surface area contributed by atoms with Crippen LogP contribution in [-0.2, 0) is 14.3 Å². The number of rotatable bonds is 9. The molecule has 0 saturated carbocycles. The number of carbonyl (C=O) groups is 3. The number of fused-ring (bicyclic) bond motifs is 1. The maximum absolute atomic E-state index is 13.7. The van der Waals surface area contributed by atoms with Crippen molar-refractivity contribution in [3.63, 3.8) is 0 Å². The fourth-order valence-corrected chi connectivity index (χ4v) is 5.78. The van der Waals surface area contributed by atoms with Crippen LogP contribution >= 0.6 is 11.3 Å². The van der Waals surface area contributed by atoms with Crippen molar-refractivity contribution in [2.24, 2.45) is 0 Å². The van der Waals surface area contributed by atoms with Crippen LogP contribution in [0.25, 0.3) is 11.4 Å². The van der Waals surface area contributed by atoms with Gasteiger partial charge in [-0.25, -0.2) is 14.8 Å². The quantitative estimate of drug-likeness (QED) is 0.0931. The van der Waals surface area contributed by atoms with Gasteiger partial charge in [-0.3, -0.25) is 14.5 Å². The van der Waals surface area contributed by atoms with Crippen molar-refractivity contribution in [3.05, 3.63) is 107 Å². The second-order valence-corrected chi connectivity index (χ2v) is 10.5. The molecule has 42 heavy (non-hydrogen) atoms. The molecule has 1 aliphatic rings. The Kier molecular flexibility index (Phi) is 7.77. The van der Waals surface area contributed by atoms with E-state index in [2.05, 4.69) is 23.1 Å². The number of anilines is 1. The number of aryl methyl sites for hydroxylation is 3. The third kappa shape index (κ3) is 4.88. The number of aromatic nitrogens is 3. The van der Waals surface area contributed by atoms with E-state index < -0.39 is 29.5 Å². The summed E-state index contributed by atoms with van der Waals surface area (Å²) >= 11 is 0.925. The van der Waals surface area contributed by atoms with Gasteiger partial charge in [0.1, 0.15) is 35.2 Å². The van der Waals surface area contributed by atoms with Gasteiger partial charge in [-0.2, -0.15) is 0 Å². The van der Waals surface area contributed by atoms with Gasteiger partial charge in [0.05, 0.1) is 23.0 Å². The van der Waals surface area contributed by atoms with Crippen molar-refractivity contribution in [1.29, 1.82) is 0 Å². The number of esters is 1. The highest BCUT2D eigenvalue weighted by molar-refractivity contribution is 7.17. The van der Waals surface area contributed by atoms with Crippen LogP contribution in [-0.4, -0.2) is 50.3 Å². The average molecular weight is 585 g/mol. The van der Waals surface area contributed by atoms with Crippen LogP contribution in [0.2, 0.25) is 0 Å². The molecule has 1 fully saturated rings. The molecule has 0 spiro atoms. The number of aliphatic hydroxyl groups is 1. The number of hydrogen-bond acceptors (Lipinski definition) is 9. The van der Waals surface area contributed by atoms with Crippen LogP contribution in [0.3, 0.4) is 0 Å². The number of hydrogen-bond donors (Lipinski definition) is 1. The first-order valence-corrected chi connectivity index (χ1v) is 13.8. The average Bonchev–Trinajstić information content (AvgIpc) is 3.62. The van der Waals surface area contributed by atoms with Crippen molar-refractivity contribution < 1.29 is 29.0 Å². The third-order valence-electron chi connectivity index (χ3n) is 6.83. The highest BCUT2D eigenvalue weighted by Crippen LogP contribution is 2.44. The molecule has 1 amide bonds. The summed E-state index contributed by atoms with van der Waals surface area (Å²) in [6.45, 7) is 12.8. The molecule has 4 aromatic rings. The molecule has 1 aliphatic heterocycles. The second kappa shape index (κ2) is 11.5. The van der Waals surface area contributed by atoms with E-state index in [1.54, 1.807) is 44.2 Å².